The van der Waals surface area contributed by atoms with Crippen molar-refractivity contribution in [2.24, 2.45) is 0 Å². The molecule has 5 heteroatoms. The van der Waals surface area contributed by atoms with Crippen LogP contribution in [-0.2, 0) is 5.41 Å². The zero-order chi connectivity index (χ0) is 32.0. The highest BCUT2D eigenvalue weighted by atomic mass is 16.5. The molecule has 0 saturated carbocycles. The van der Waals surface area contributed by atoms with Crippen LogP contribution in [0.15, 0.2) is 152 Å². The first kappa shape index (κ1) is 28.5. The van der Waals surface area contributed by atoms with Gasteiger partial charge in [-0.25, -0.2) is 4.98 Å². The van der Waals surface area contributed by atoms with Crippen molar-refractivity contribution >= 4 is 21.8 Å². The van der Waals surface area contributed by atoms with Crippen LogP contribution in [0.25, 0.3) is 55.8 Å². The van der Waals surface area contributed by atoms with Gasteiger partial charge in [-0.3, -0.25) is 14.1 Å². The summed E-state index contributed by atoms with van der Waals surface area (Å²) in [6.07, 6.45) is 5.74. The number of fused-ring (bicyclic) bond motifs is 3. The molecule has 47 heavy (non-hydrogen) atoms. The Morgan fingerprint density at radius 2 is 1.34 bits per heavy atom. The second-order valence-corrected chi connectivity index (χ2v) is 12.8. The smallest absolute Gasteiger partial charge is 0.219 e. The van der Waals surface area contributed by atoms with Crippen LogP contribution in [0.3, 0.4) is 0 Å². The molecule has 8 aromatic rings. The van der Waals surface area contributed by atoms with Gasteiger partial charge in [0.25, 0.3) is 0 Å². The van der Waals surface area contributed by atoms with E-state index in [2.05, 4.69) is 126 Å². The maximum atomic E-state index is 6.49. The van der Waals surface area contributed by atoms with E-state index >= 15 is 0 Å². The second-order valence-electron chi connectivity index (χ2n) is 12.8. The van der Waals surface area contributed by atoms with Gasteiger partial charge in [0.15, 0.2) is 0 Å². The highest BCUT2D eigenvalue weighted by Crippen LogP contribution is 2.38. The fourth-order valence-corrected chi connectivity index (χ4v) is 6.33. The Morgan fingerprint density at radius 3 is 2.17 bits per heavy atom. The van der Waals surface area contributed by atoms with E-state index in [0.29, 0.717) is 0 Å². The molecule has 0 N–H and O–H groups in total. The lowest BCUT2D eigenvalue weighted by atomic mass is 9.85. The van der Waals surface area contributed by atoms with Gasteiger partial charge in [-0.15, -0.1) is 0 Å². The average molecular weight is 611 g/mol. The average Bonchev–Trinajstić information content (AvgIpc) is 3.71. The monoisotopic (exact) mass is 610 g/mol. The summed E-state index contributed by atoms with van der Waals surface area (Å²) >= 11 is 0. The molecule has 228 valence electrons. The van der Waals surface area contributed by atoms with Gasteiger partial charge in [-0.05, 0) is 71.1 Å². The molecule has 5 aromatic carbocycles. The van der Waals surface area contributed by atoms with Crippen molar-refractivity contribution in [3.8, 4) is 45.5 Å². The first-order valence-corrected chi connectivity index (χ1v) is 15.9. The quantitative estimate of drug-likeness (QED) is 0.188. The van der Waals surface area contributed by atoms with Crippen molar-refractivity contribution in [1.29, 1.82) is 0 Å². The van der Waals surface area contributed by atoms with E-state index < -0.39 is 0 Å². The third kappa shape index (κ3) is 5.26. The van der Waals surface area contributed by atoms with Gasteiger partial charge < -0.3 is 4.74 Å². The van der Waals surface area contributed by atoms with Crippen molar-refractivity contribution in [2.45, 2.75) is 26.2 Å². The van der Waals surface area contributed by atoms with Gasteiger partial charge in [0.05, 0.1) is 22.4 Å². The lowest BCUT2D eigenvalue weighted by molar-refractivity contribution is 0.483. The van der Waals surface area contributed by atoms with Crippen LogP contribution in [-0.4, -0.2) is 19.1 Å². The van der Waals surface area contributed by atoms with Gasteiger partial charge in [-0.1, -0.05) is 93.6 Å². The van der Waals surface area contributed by atoms with E-state index in [1.807, 2.05) is 54.7 Å². The van der Waals surface area contributed by atoms with Gasteiger partial charge in [0.1, 0.15) is 11.5 Å². The Hall–Kier alpha value is -5.94. The number of pyridine rings is 1. The van der Waals surface area contributed by atoms with Crippen LogP contribution in [0.1, 0.15) is 26.3 Å². The van der Waals surface area contributed by atoms with Gasteiger partial charge in [0, 0.05) is 46.6 Å². The molecule has 0 aliphatic heterocycles. The summed E-state index contributed by atoms with van der Waals surface area (Å²) in [5, 5.41) is 2.29. The lowest BCUT2D eigenvalue weighted by Crippen LogP contribution is -2.12. The van der Waals surface area contributed by atoms with E-state index in [4.69, 9.17) is 9.72 Å². The highest BCUT2D eigenvalue weighted by Gasteiger charge is 2.21. The largest absolute Gasteiger partial charge is 0.457 e. The molecule has 0 unspecified atom stereocenters. The predicted octanol–water partition coefficient (Wildman–Crippen LogP) is 10.8. The minimum Gasteiger partial charge on any atom is -0.457 e. The first-order chi connectivity index (χ1) is 22.9. The summed E-state index contributed by atoms with van der Waals surface area (Å²) in [5.41, 5.74) is 8.71. The molecule has 0 radical (unpaired) electrons. The van der Waals surface area contributed by atoms with Crippen LogP contribution in [0.2, 0.25) is 0 Å². The van der Waals surface area contributed by atoms with Crippen LogP contribution in [0, 0.1) is 0 Å². The van der Waals surface area contributed by atoms with Crippen molar-refractivity contribution < 1.29 is 4.74 Å². The number of aromatic nitrogens is 4. The number of benzene rings is 5. The van der Waals surface area contributed by atoms with Crippen LogP contribution in [0.4, 0.5) is 0 Å². The van der Waals surface area contributed by atoms with Gasteiger partial charge in [0.2, 0.25) is 5.95 Å². The van der Waals surface area contributed by atoms with E-state index in [-0.39, 0.29) is 5.41 Å². The molecule has 0 bridgehead atoms. The molecule has 0 spiro atoms. The minimum atomic E-state index is 0.0141. The number of para-hydroxylation sites is 1. The molecule has 0 atom stereocenters. The molecule has 0 amide bonds. The molecule has 3 aromatic heterocycles. The van der Waals surface area contributed by atoms with Crippen molar-refractivity contribution in [3.63, 3.8) is 0 Å². The Bertz CT molecular complexity index is 2360. The van der Waals surface area contributed by atoms with Gasteiger partial charge in [-0.2, -0.15) is 0 Å². The summed E-state index contributed by atoms with van der Waals surface area (Å²) in [6.45, 7) is 6.77. The number of ether oxygens (including phenoxy) is 1. The highest BCUT2D eigenvalue weighted by molar-refractivity contribution is 6.09. The van der Waals surface area contributed by atoms with Crippen LogP contribution < -0.4 is 4.74 Å². The van der Waals surface area contributed by atoms with E-state index in [0.717, 1.165) is 61.8 Å². The van der Waals surface area contributed by atoms with Crippen molar-refractivity contribution in [2.75, 3.05) is 0 Å². The zero-order valence-electron chi connectivity index (χ0n) is 26.6. The molecule has 0 fully saturated rings. The normalized spacial score (nSPS) is 11.7. The molecule has 0 aliphatic rings. The molecule has 0 saturated heterocycles. The van der Waals surface area contributed by atoms with Gasteiger partial charge >= 0.3 is 0 Å². The number of imidazole rings is 1. The number of nitrogens with zero attached hydrogens (tertiary/aromatic N) is 4. The maximum Gasteiger partial charge on any atom is 0.219 e. The standard InChI is InChI=1S/C42H34N4O/c1-42(2,3)31-19-22-38(36(27-31)29-12-5-4-6-13-29)45-25-24-44-41(45)46-39-18-8-7-16-34(39)35-21-20-33(28-40(35)46)47-32-15-11-14-30(26-32)37-17-9-10-23-43-37/h4-28H,1-3H3. The number of rotatable bonds is 6. The molecule has 8 rings (SSSR count). The molecule has 5 nitrogen and oxygen atoms in total. The molecular weight excluding hydrogens is 576 g/mol. The predicted molar refractivity (Wildman–Crippen MR) is 192 cm³/mol. The lowest BCUT2D eigenvalue weighted by Gasteiger charge is -2.22. The molecule has 0 aliphatic carbocycles. The number of hydrogen-bond acceptors (Lipinski definition) is 3. The Kier molecular flexibility index (Phi) is 6.95. The van der Waals surface area contributed by atoms with Crippen molar-refractivity contribution in [1.82, 2.24) is 19.1 Å². The second kappa shape index (κ2) is 11.5. The third-order valence-corrected chi connectivity index (χ3v) is 8.70. The fraction of sp³-hybridized carbons (Fsp3) is 0.0952. The SMILES string of the molecule is CC(C)(C)c1ccc(-n2ccnc2-n2c3ccccc3c3ccc(Oc4cccc(-c5ccccn5)c4)cc32)c(-c2ccccc2)c1. The summed E-state index contributed by atoms with van der Waals surface area (Å²) in [4.78, 5) is 9.49. The number of hydrogen-bond donors (Lipinski definition) is 0. The topological polar surface area (TPSA) is 44.9 Å². The van der Waals surface area contributed by atoms with E-state index in [1.165, 1.54) is 11.1 Å². The summed E-state index contributed by atoms with van der Waals surface area (Å²) < 4.78 is 10.9. The zero-order valence-corrected chi connectivity index (χ0v) is 26.6. The first-order valence-electron chi connectivity index (χ1n) is 15.9. The summed E-state index contributed by atoms with van der Waals surface area (Å²) in [5.74, 6) is 2.31. The fourth-order valence-electron chi connectivity index (χ4n) is 6.33. The maximum absolute atomic E-state index is 6.49. The summed E-state index contributed by atoms with van der Waals surface area (Å²) in [6, 6.07) is 46.2. The van der Waals surface area contributed by atoms with Crippen molar-refractivity contribution in [3.05, 3.63) is 158 Å². The molecular formula is C42H34N4O. The van der Waals surface area contributed by atoms with E-state index in [9.17, 15) is 0 Å². The Morgan fingerprint density at radius 1 is 0.574 bits per heavy atom. The third-order valence-electron chi connectivity index (χ3n) is 8.70. The van der Waals surface area contributed by atoms with Crippen LogP contribution in [0.5, 0.6) is 11.5 Å². The minimum absolute atomic E-state index is 0.0141. The molecule has 3 heterocycles. The summed E-state index contributed by atoms with van der Waals surface area (Å²) in [7, 11) is 0. The Balaban J connectivity index is 1.28. The van der Waals surface area contributed by atoms with Crippen LogP contribution >= 0.6 is 0 Å². The van der Waals surface area contributed by atoms with E-state index in [1.54, 1.807) is 6.20 Å². The Labute approximate surface area is 274 Å².